The van der Waals surface area contributed by atoms with Crippen LogP contribution in [0.5, 0.6) is 0 Å². The minimum absolute atomic E-state index is 0. The summed E-state index contributed by atoms with van der Waals surface area (Å²) < 4.78 is 2.33. The zero-order chi connectivity index (χ0) is 21.1. The Morgan fingerprint density at radius 1 is 1.00 bits per heavy atom. The molecule has 2 aromatic rings. The van der Waals surface area contributed by atoms with E-state index in [1.165, 1.54) is 10.6 Å². The summed E-state index contributed by atoms with van der Waals surface area (Å²) in [6.45, 7) is 4.16. The molecule has 0 spiro atoms. The molecule has 0 saturated heterocycles. The van der Waals surface area contributed by atoms with Crippen LogP contribution in [0.25, 0.3) is 0 Å². The molecule has 28 heavy (non-hydrogen) atoms. The number of aromatic nitrogens is 4. The number of nitrogens with two attached hydrogens (primary N) is 2. The van der Waals surface area contributed by atoms with Crippen LogP contribution >= 0.6 is 0 Å². The fourth-order valence-electron chi connectivity index (χ4n) is 1.84. The van der Waals surface area contributed by atoms with Crippen LogP contribution in [0.4, 0.5) is 17.3 Å². The van der Waals surface area contributed by atoms with Crippen LogP contribution < -0.4 is 63.5 Å². The molecule has 0 bridgehead atoms. The van der Waals surface area contributed by atoms with E-state index in [9.17, 15) is 24.1 Å². The van der Waals surface area contributed by atoms with Gasteiger partial charge in [0.05, 0.1) is 0 Å². The molecule has 2 aromatic heterocycles. The molecule has 0 atom stereocenters. The molecular formula is C12H17N8NaO7. The second-order valence-electron chi connectivity index (χ2n) is 4.51. The molecule has 2 rings (SSSR count). The summed E-state index contributed by atoms with van der Waals surface area (Å²) in [7, 11) is 0. The van der Waals surface area contributed by atoms with Crippen LogP contribution in [-0.4, -0.2) is 19.1 Å². The fourth-order valence-corrected chi connectivity index (χ4v) is 1.84. The minimum Gasteiger partial charge on any atom is -0.444 e. The van der Waals surface area contributed by atoms with Crippen LogP contribution in [0, 0.1) is 15.0 Å². The standard InChI is InChI=1S/C6H8N4O3.C6H9N3O2.HNO2.Na/c1-2-10-4(7)3(9-13)5(11)8-6(10)12;1-2-9-4(7)3-5(10)8-6(9)11;2-1-3;/h2,7H2,1H3,(H,8,11,12);3H,2,7H2,1H3,(H,8,10,11);(H,2,3);/q;;;+1/p-1. The summed E-state index contributed by atoms with van der Waals surface area (Å²) in [5.74, 6) is -0.00694. The van der Waals surface area contributed by atoms with Gasteiger partial charge in [-0.2, -0.15) is 0 Å². The summed E-state index contributed by atoms with van der Waals surface area (Å²) in [4.78, 5) is 65.7. The number of hydrogen-bond donors (Lipinski definition) is 4. The monoisotopic (exact) mass is 408 g/mol. The SMILES string of the molecule is CCn1c(N)c(N=O)c(=O)[nH]c1=O.CCn1c(N)cc(=O)[nH]c1=O.O=N[O-].[Na+]. The van der Waals surface area contributed by atoms with E-state index in [2.05, 4.69) is 10.2 Å². The van der Waals surface area contributed by atoms with Crippen molar-refractivity contribution in [2.24, 2.45) is 10.5 Å². The third kappa shape index (κ3) is 7.29. The van der Waals surface area contributed by atoms with Gasteiger partial charge in [-0.15, -0.1) is 10.2 Å². The summed E-state index contributed by atoms with van der Waals surface area (Å²) in [6.07, 6.45) is 0. The van der Waals surface area contributed by atoms with E-state index in [4.69, 9.17) is 21.6 Å². The first-order valence-electron chi connectivity index (χ1n) is 7.18. The Balaban J connectivity index is 0. The number of nitroso groups, excluding NO2 is 1. The van der Waals surface area contributed by atoms with E-state index in [1.807, 2.05) is 4.98 Å². The zero-order valence-electron chi connectivity index (χ0n) is 15.3. The molecule has 16 heteroatoms. The average molecular weight is 408 g/mol. The normalized spacial score (nSPS) is 8.93. The Kier molecular flexibility index (Phi) is 12.8. The number of nitrogens with one attached hydrogen (secondary N) is 2. The second kappa shape index (κ2) is 13.2. The largest absolute Gasteiger partial charge is 1.00 e. The number of aromatic amines is 2. The van der Waals surface area contributed by atoms with E-state index >= 15 is 0 Å². The molecular weight excluding hydrogens is 391 g/mol. The van der Waals surface area contributed by atoms with Crippen LogP contribution in [0.3, 0.4) is 0 Å². The van der Waals surface area contributed by atoms with Crippen molar-refractivity contribution in [1.82, 2.24) is 19.1 Å². The number of nitrogen functional groups attached to an aromatic ring is 2. The van der Waals surface area contributed by atoms with Gasteiger partial charge in [-0.05, 0) is 19.0 Å². The fraction of sp³-hybridized carbons (Fsp3) is 0.333. The molecule has 15 nitrogen and oxygen atoms in total. The van der Waals surface area contributed by atoms with Crippen molar-refractivity contribution in [3.05, 3.63) is 62.8 Å². The van der Waals surface area contributed by atoms with E-state index in [0.717, 1.165) is 9.91 Å². The van der Waals surface area contributed by atoms with Crippen LogP contribution in [-0.2, 0) is 13.1 Å². The summed E-state index contributed by atoms with van der Waals surface area (Å²) in [5, 5.41) is 11.4. The molecule has 0 saturated carbocycles. The Morgan fingerprint density at radius 3 is 1.86 bits per heavy atom. The van der Waals surface area contributed by atoms with E-state index in [-0.39, 0.29) is 47.7 Å². The molecule has 2 heterocycles. The molecule has 0 fully saturated rings. The van der Waals surface area contributed by atoms with Gasteiger partial charge in [0.1, 0.15) is 11.6 Å². The van der Waals surface area contributed by atoms with Gasteiger partial charge in [-0.3, -0.25) is 28.7 Å². The van der Waals surface area contributed by atoms with Gasteiger partial charge in [-0.1, -0.05) is 0 Å². The van der Waals surface area contributed by atoms with Gasteiger partial charge in [0, 0.05) is 19.2 Å². The Bertz CT molecular complexity index is 1020. The first-order valence-corrected chi connectivity index (χ1v) is 7.18. The van der Waals surface area contributed by atoms with E-state index in [0.29, 0.717) is 6.54 Å². The van der Waals surface area contributed by atoms with Crippen LogP contribution in [0.2, 0.25) is 0 Å². The molecule has 0 radical (unpaired) electrons. The quantitative estimate of drug-likeness (QED) is 0.219. The molecule has 0 aliphatic rings. The van der Waals surface area contributed by atoms with Crippen molar-refractivity contribution >= 4 is 17.3 Å². The van der Waals surface area contributed by atoms with Crippen molar-refractivity contribution in [3.63, 3.8) is 0 Å². The maximum absolute atomic E-state index is 11.0. The maximum atomic E-state index is 11.0. The van der Waals surface area contributed by atoms with Gasteiger partial charge in [0.15, 0.2) is 0 Å². The van der Waals surface area contributed by atoms with Gasteiger partial charge in [-0.25, -0.2) is 9.59 Å². The summed E-state index contributed by atoms with van der Waals surface area (Å²) in [6, 6.07) is 1.19. The topological polar surface area (TPSA) is 244 Å². The maximum Gasteiger partial charge on any atom is 1.00 e. The molecule has 148 valence electrons. The van der Waals surface area contributed by atoms with Crippen LogP contribution in [0.1, 0.15) is 13.8 Å². The minimum atomic E-state index is -0.859. The number of rotatable bonds is 3. The summed E-state index contributed by atoms with van der Waals surface area (Å²) >= 11 is 0. The van der Waals surface area contributed by atoms with Crippen molar-refractivity contribution in [3.8, 4) is 0 Å². The van der Waals surface area contributed by atoms with Gasteiger partial charge < -0.3 is 21.6 Å². The smallest absolute Gasteiger partial charge is 0.444 e. The van der Waals surface area contributed by atoms with Crippen molar-refractivity contribution in [1.29, 1.82) is 0 Å². The van der Waals surface area contributed by atoms with Crippen LogP contribution in [0.15, 0.2) is 35.8 Å². The van der Waals surface area contributed by atoms with E-state index in [1.54, 1.807) is 13.8 Å². The van der Waals surface area contributed by atoms with Crippen molar-refractivity contribution in [2.75, 3.05) is 11.5 Å². The van der Waals surface area contributed by atoms with E-state index < -0.39 is 28.2 Å². The predicted molar refractivity (Wildman–Crippen MR) is 97.4 cm³/mol. The third-order valence-electron chi connectivity index (χ3n) is 3.00. The molecule has 6 N–H and O–H groups in total. The Labute approximate surface area is 177 Å². The second-order valence-corrected chi connectivity index (χ2v) is 4.51. The number of anilines is 2. The van der Waals surface area contributed by atoms with Gasteiger partial charge in [0.25, 0.3) is 11.1 Å². The number of nitrogens with zero attached hydrogens (tertiary/aromatic N) is 4. The zero-order valence-corrected chi connectivity index (χ0v) is 17.3. The van der Waals surface area contributed by atoms with Crippen molar-refractivity contribution < 1.29 is 29.6 Å². The first kappa shape index (κ1) is 27.2. The Morgan fingerprint density at radius 2 is 1.46 bits per heavy atom. The Hall–Kier alpha value is -3.04. The molecule has 0 unspecified atom stereocenters. The van der Waals surface area contributed by atoms with Gasteiger partial charge >= 0.3 is 40.9 Å². The molecule has 0 aromatic carbocycles. The predicted octanol–water partition coefficient (Wildman–Crippen LogP) is -4.07. The third-order valence-corrected chi connectivity index (χ3v) is 3.00. The molecule has 0 aliphatic heterocycles. The summed E-state index contributed by atoms with van der Waals surface area (Å²) in [5.41, 5.74) is 7.85. The molecule has 0 amide bonds. The first-order chi connectivity index (χ1) is 12.7. The number of H-pyrrole nitrogens is 2. The number of hydrogen-bond acceptors (Lipinski definition) is 11. The average Bonchev–Trinajstić information content (AvgIpc) is 2.56. The van der Waals surface area contributed by atoms with Gasteiger partial charge in [0.2, 0.25) is 5.69 Å². The van der Waals surface area contributed by atoms with Crippen molar-refractivity contribution in [2.45, 2.75) is 26.9 Å². The molecule has 0 aliphatic carbocycles.